The minimum Gasteiger partial charge on any atom is -0.403 e. The number of benzene rings is 2. The van der Waals surface area contributed by atoms with Crippen molar-refractivity contribution in [3.63, 3.8) is 0 Å². The molecule has 1 saturated heterocycles. The van der Waals surface area contributed by atoms with Crippen LogP contribution in [0, 0.1) is 5.82 Å². The summed E-state index contributed by atoms with van der Waals surface area (Å²) in [6, 6.07) is 16.1. The van der Waals surface area contributed by atoms with Gasteiger partial charge in [0.2, 0.25) is 11.8 Å². The van der Waals surface area contributed by atoms with E-state index >= 15 is 0 Å². The molecule has 0 spiro atoms. The molecule has 1 fully saturated rings. The highest BCUT2D eigenvalue weighted by Crippen LogP contribution is 2.22. The molecule has 0 radical (unpaired) electrons. The number of amides is 1. The first kappa shape index (κ1) is 17.2. The van der Waals surface area contributed by atoms with Gasteiger partial charge in [-0.15, -0.1) is 5.10 Å². The molecular formula is C20H19FN4O2. The second-order valence-corrected chi connectivity index (χ2v) is 6.43. The fourth-order valence-corrected chi connectivity index (χ4v) is 3.08. The van der Waals surface area contributed by atoms with E-state index in [9.17, 15) is 9.18 Å². The van der Waals surface area contributed by atoms with E-state index in [-0.39, 0.29) is 18.1 Å². The van der Waals surface area contributed by atoms with Crippen molar-refractivity contribution in [2.24, 2.45) is 0 Å². The quantitative estimate of drug-likeness (QED) is 0.711. The Labute approximate surface area is 156 Å². The summed E-state index contributed by atoms with van der Waals surface area (Å²) in [5, 5.41) is 8.24. The van der Waals surface area contributed by atoms with Gasteiger partial charge in [-0.05, 0) is 29.8 Å². The van der Waals surface area contributed by atoms with Gasteiger partial charge >= 0.3 is 6.01 Å². The van der Waals surface area contributed by atoms with Crippen LogP contribution in [0.3, 0.4) is 0 Å². The first-order chi connectivity index (χ1) is 13.2. The van der Waals surface area contributed by atoms with E-state index in [4.69, 9.17) is 4.42 Å². The number of halogens is 1. The average molecular weight is 366 g/mol. The van der Waals surface area contributed by atoms with Crippen molar-refractivity contribution in [1.82, 2.24) is 15.1 Å². The summed E-state index contributed by atoms with van der Waals surface area (Å²) in [5.74, 6) is 0.228. The Morgan fingerprint density at radius 1 is 0.963 bits per heavy atom. The Kier molecular flexibility index (Phi) is 4.82. The van der Waals surface area contributed by atoms with Crippen molar-refractivity contribution in [3.8, 4) is 11.5 Å². The Morgan fingerprint density at radius 2 is 1.67 bits per heavy atom. The van der Waals surface area contributed by atoms with Crippen LogP contribution in [0.4, 0.5) is 10.4 Å². The molecule has 0 unspecified atom stereocenters. The molecule has 6 nitrogen and oxygen atoms in total. The van der Waals surface area contributed by atoms with Gasteiger partial charge < -0.3 is 14.2 Å². The predicted molar refractivity (Wildman–Crippen MR) is 98.6 cm³/mol. The second-order valence-electron chi connectivity index (χ2n) is 6.43. The third-order valence-electron chi connectivity index (χ3n) is 4.61. The third kappa shape index (κ3) is 3.97. The van der Waals surface area contributed by atoms with Crippen LogP contribution >= 0.6 is 0 Å². The zero-order valence-corrected chi connectivity index (χ0v) is 14.7. The lowest BCUT2D eigenvalue weighted by Crippen LogP contribution is -2.49. The Balaban J connectivity index is 1.34. The van der Waals surface area contributed by atoms with Crippen LogP contribution in [0.15, 0.2) is 59.0 Å². The maximum Gasteiger partial charge on any atom is 0.318 e. The summed E-state index contributed by atoms with van der Waals surface area (Å²) < 4.78 is 18.7. The van der Waals surface area contributed by atoms with Crippen molar-refractivity contribution in [2.75, 3.05) is 31.1 Å². The first-order valence-electron chi connectivity index (χ1n) is 8.85. The molecule has 1 aliphatic rings. The summed E-state index contributed by atoms with van der Waals surface area (Å²) in [4.78, 5) is 16.2. The van der Waals surface area contributed by atoms with Crippen molar-refractivity contribution < 1.29 is 13.6 Å². The maximum atomic E-state index is 13.0. The van der Waals surface area contributed by atoms with Gasteiger partial charge in [0.15, 0.2) is 0 Å². The summed E-state index contributed by atoms with van der Waals surface area (Å²) in [5.41, 5.74) is 1.69. The summed E-state index contributed by atoms with van der Waals surface area (Å²) in [7, 11) is 0. The fraction of sp³-hybridized carbons (Fsp3) is 0.250. The monoisotopic (exact) mass is 366 g/mol. The van der Waals surface area contributed by atoms with Gasteiger partial charge in [-0.25, -0.2) is 4.39 Å². The van der Waals surface area contributed by atoms with E-state index in [1.807, 2.05) is 40.1 Å². The lowest BCUT2D eigenvalue weighted by Gasteiger charge is -2.33. The number of carbonyl (C=O) groups excluding carboxylic acids is 1. The molecule has 0 N–H and O–H groups in total. The van der Waals surface area contributed by atoms with Crippen LogP contribution in [-0.2, 0) is 11.2 Å². The van der Waals surface area contributed by atoms with Gasteiger partial charge in [-0.1, -0.05) is 35.4 Å². The van der Waals surface area contributed by atoms with E-state index in [0.717, 1.165) is 11.1 Å². The second kappa shape index (κ2) is 7.57. The molecule has 2 aromatic carbocycles. The van der Waals surface area contributed by atoms with Crippen molar-refractivity contribution in [2.45, 2.75) is 6.42 Å². The van der Waals surface area contributed by atoms with Gasteiger partial charge in [-0.3, -0.25) is 4.79 Å². The van der Waals surface area contributed by atoms with Crippen molar-refractivity contribution >= 4 is 11.9 Å². The van der Waals surface area contributed by atoms with Gasteiger partial charge in [0.25, 0.3) is 0 Å². The van der Waals surface area contributed by atoms with Crippen LogP contribution in [0.5, 0.6) is 0 Å². The number of hydrogen-bond donors (Lipinski definition) is 0. The van der Waals surface area contributed by atoms with E-state index in [0.29, 0.717) is 38.1 Å². The topological polar surface area (TPSA) is 62.5 Å². The highest BCUT2D eigenvalue weighted by atomic mass is 19.1. The molecule has 0 saturated carbocycles. The van der Waals surface area contributed by atoms with Gasteiger partial charge in [0.05, 0.1) is 6.42 Å². The molecule has 138 valence electrons. The molecule has 0 bridgehead atoms. The minimum atomic E-state index is -0.297. The fourth-order valence-electron chi connectivity index (χ4n) is 3.08. The molecule has 7 heteroatoms. The summed E-state index contributed by atoms with van der Waals surface area (Å²) in [6.45, 7) is 2.43. The zero-order valence-electron chi connectivity index (χ0n) is 14.7. The Bertz CT molecular complexity index is 903. The summed E-state index contributed by atoms with van der Waals surface area (Å²) in [6.07, 6.45) is 0.277. The largest absolute Gasteiger partial charge is 0.403 e. The molecule has 1 amide bonds. The summed E-state index contributed by atoms with van der Waals surface area (Å²) >= 11 is 0. The standard InChI is InChI=1S/C20H19FN4O2/c21-17-8-6-15(7-9-17)14-18(26)24-10-12-25(13-11-24)20-23-22-19(27-20)16-4-2-1-3-5-16/h1-9H,10-14H2. The number of rotatable bonds is 4. The molecule has 4 rings (SSSR count). The van der Waals surface area contributed by atoms with Crippen molar-refractivity contribution in [3.05, 3.63) is 66.0 Å². The highest BCUT2D eigenvalue weighted by Gasteiger charge is 2.24. The third-order valence-corrected chi connectivity index (χ3v) is 4.61. The molecule has 2 heterocycles. The minimum absolute atomic E-state index is 0.0387. The average Bonchev–Trinajstić information content (AvgIpc) is 3.21. The van der Waals surface area contributed by atoms with E-state index in [1.54, 1.807) is 12.1 Å². The van der Waals surface area contributed by atoms with Crippen LogP contribution in [-0.4, -0.2) is 47.2 Å². The van der Waals surface area contributed by atoms with E-state index < -0.39 is 0 Å². The van der Waals surface area contributed by atoms with Crippen LogP contribution in [0.2, 0.25) is 0 Å². The maximum absolute atomic E-state index is 13.0. The molecular weight excluding hydrogens is 347 g/mol. The van der Waals surface area contributed by atoms with Gasteiger partial charge in [0, 0.05) is 31.7 Å². The lowest BCUT2D eigenvalue weighted by molar-refractivity contribution is -0.130. The number of aromatic nitrogens is 2. The number of piperazine rings is 1. The smallest absolute Gasteiger partial charge is 0.318 e. The van der Waals surface area contributed by atoms with Crippen molar-refractivity contribution in [1.29, 1.82) is 0 Å². The lowest BCUT2D eigenvalue weighted by atomic mass is 10.1. The Hall–Kier alpha value is -3.22. The van der Waals surface area contributed by atoms with Crippen LogP contribution in [0.1, 0.15) is 5.56 Å². The number of carbonyl (C=O) groups is 1. The molecule has 3 aromatic rings. The SMILES string of the molecule is O=C(Cc1ccc(F)cc1)N1CCN(c2nnc(-c3ccccc3)o2)CC1. The van der Waals surface area contributed by atoms with Gasteiger partial charge in [0.1, 0.15) is 5.82 Å². The van der Waals surface area contributed by atoms with E-state index in [1.165, 1.54) is 12.1 Å². The zero-order chi connectivity index (χ0) is 18.6. The molecule has 1 aromatic heterocycles. The van der Waals surface area contributed by atoms with Gasteiger partial charge in [-0.2, -0.15) is 0 Å². The first-order valence-corrected chi connectivity index (χ1v) is 8.85. The highest BCUT2D eigenvalue weighted by molar-refractivity contribution is 5.79. The van der Waals surface area contributed by atoms with E-state index in [2.05, 4.69) is 10.2 Å². The number of nitrogens with zero attached hydrogens (tertiary/aromatic N) is 4. The Morgan fingerprint density at radius 3 is 2.37 bits per heavy atom. The molecule has 1 aliphatic heterocycles. The number of anilines is 1. The molecule has 0 aliphatic carbocycles. The van der Waals surface area contributed by atoms with Crippen LogP contribution in [0.25, 0.3) is 11.5 Å². The normalized spacial score (nSPS) is 14.4. The molecule has 27 heavy (non-hydrogen) atoms. The predicted octanol–water partition coefficient (Wildman–Crippen LogP) is 2.77. The van der Waals surface area contributed by atoms with Crippen LogP contribution < -0.4 is 4.90 Å². The molecule has 0 atom stereocenters. The number of hydrogen-bond acceptors (Lipinski definition) is 5.